The van der Waals surface area contributed by atoms with Crippen LogP contribution in [0.2, 0.25) is 0 Å². The summed E-state index contributed by atoms with van der Waals surface area (Å²) in [5, 5.41) is 10.1. The van der Waals surface area contributed by atoms with Gasteiger partial charge in [-0.2, -0.15) is 0 Å². The largest absolute Gasteiger partial charge is 0.308 e. The van der Waals surface area contributed by atoms with Crippen LogP contribution >= 0.6 is 11.3 Å². The van der Waals surface area contributed by atoms with Crippen molar-refractivity contribution in [1.29, 1.82) is 0 Å². The second-order valence-electron chi connectivity index (χ2n) is 19.5. The molecule has 0 aliphatic heterocycles. The maximum absolute atomic E-state index is 2.60. The van der Waals surface area contributed by atoms with Gasteiger partial charge in [0.05, 0.1) is 21.5 Å². The van der Waals surface area contributed by atoms with Crippen molar-refractivity contribution in [3.05, 3.63) is 270 Å². The fraction of sp³-hybridized carbons (Fsp3) is 0.0435. The first-order chi connectivity index (χ1) is 35.1. The minimum absolute atomic E-state index is 0.515. The van der Waals surface area contributed by atoms with Crippen molar-refractivity contribution >= 4 is 80.9 Å². The Hall–Kier alpha value is -8.56. The number of hydrogen-bond acceptors (Lipinski definition) is 2. The predicted octanol–water partition coefficient (Wildman–Crippen LogP) is 19.3. The average molecular weight is 920 g/mol. The van der Waals surface area contributed by atoms with Gasteiger partial charge >= 0.3 is 0 Å². The number of para-hydroxylation sites is 1. The zero-order chi connectivity index (χ0) is 47.0. The maximum Gasteiger partial charge on any atom is 0.0726 e. The first-order valence-corrected chi connectivity index (χ1v) is 25.6. The molecule has 332 valence electrons. The van der Waals surface area contributed by atoms with E-state index in [1.54, 1.807) is 0 Å². The summed E-state index contributed by atoms with van der Waals surface area (Å²) in [7, 11) is 0. The molecule has 0 amide bonds. The van der Waals surface area contributed by atoms with Crippen LogP contribution in [0.25, 0.3) is 97.0 Å². The van der Waals surface area contributed by atoms with Crippen LogP contribution in [0.1, 0.15) is 33.4 Å². The molecule has 2 aliphatic rings. The van der Waals surface area contributed by atoms with E-state index in [1.165, 1.54) is 136 Å². The summed E-state index contributed by atoms with van der Waals surface area (Å²) in [6.07, 6.45) is 0. The van der Waals surface area contributed by atoms with Crippen molar-refractivity contribution in [2.45, 2.75) is 19.3 Å². The molecule has 2 heteroatoms. The number of nitrogens with zero attached hydrogens (tertiary/aromatic N) is 1. The van der Waals surface area contributed by atoms with Gasteiger partial charge in [-0.3, -0.25) is 0 Å². The first-order valence-electron chi connectivity index (χ1n) is 24.8. The summed E-state index contributed by atoms with van der Waals surface area (Å²) in [5.41, 5.74) is 21.4. The number of benzene rings is 12. The van der Waals surface area contributed by atoms with Crippen LogP contribution in [0.15, 0.2) is 237 Å². The molecule has 1 nitrogen and oxygen atoms in total. The number of hydrogen-bond donors (Lipinski definition) is 0. The lowest BCUT2D eigenvalue weighted by molar-refractivity contribution is 0.794. The quantitative estimate of drug-likeness (QED) is 0.166. The molecule has 15 rings (SSSR count). The van der Waals surface area contributed by atoms with Gasteiger partial charge in [-0.15, -0.1) is 11.3 Å². The van der Waals surface area contributed by atoms with Crippen molar-refractivity contribution in [1.82, 2.24) is 0 Å². The highest BCUT2D eigenvalue weighted by molar-refractivity contribution is 7.26. The number of rotatable bonds is 5. The van der Waals surface area contributed by atoms with Gasteiger partial charge in [0, 0.05) is 26.5 Å². The van der Waals surface area contributed by atoms with Gasteiger partial charge in [-0.25, -0.2) is 0 Å². The molecule has 1 unspecified atom stereocenters. The SMILES string of the molecule is Cc1cc2c(cc1C)C1(c3ccccc3-c3c1cc(-c1ccc(N(c4ccccc4)c4ccc(-c5ccccc5)c5c4sc4ccccc45)c4ccccc14)c1ccccc31)c1ccc3ccccc3c1-2. The zero-order valence-electron chi connectivity index (χ0n) is 39.4. The van der Waals surface area contributed by atoms with Gasteiger partial charge in [0.25, 0.3) is 0 Å². The normalized spacial score (nSPS) is 14.4. The molecule has 12 aromatic carbocycles. The van der Waals surface area contributed by atoms with Crippen LogP contribution in [-0.2, 0) is 5.41 Å². The van der Waals surface area contributed by atoms with Crippen molar-refractivity contribution in [2.75, 3.05) is 4.90 Å². The van der Waals surface area contributed by atoms with E-state index in [0.717, 1.165) is 11.4 Å². The highest BCUT2D eigenvalue weighted by atomic mass is 32.1. The van der Waals surface area contributed by atoms with E-state index in [0.29, 0.717) is 0 Å². The molecule has 1 heterocycles. The van der Waals surface area contributed by atoms with Crippen LogP contribution < -0.4 is 4.90 Å². The van der Waals surface area contributed by atoms with Gasteiger partial charge < -0.3 is 4.90 Å². The van der Waals surface area contributed by atoms with Crippen molar-refractivity contribution < 1.29 is 0 Å². The first kappa shape index (κ1) is 40.3. The van der Waals surface area contributed by atoms with E-state index >= 15 is 0 Å². The van der Waals surface area contributed by atoms with E-state index in [-0.39, 0.29) is 0 Å². The fourth-order valence-electron chi connectivity index (χ4n) is 12.8. The monoisotopic (exact) mass is 919 g/mol. The summed E-state index contributed by atoms with van der Waals surface area (Å²) in [5.74, 6) is 0. The summed E-state index contributed by atoms with van der Waals surface area (Å²) in [6, 6.07) is 89.1. The van der Waals surface area contributed by atoms with Crippen LogP contribution in [-0.4, -0.2) is 0 Å². The third kappa shape index (κ3) is 5.57. The minimum Gasteiger partial charge on any atom is -0.308 e. The standard InChI is InChI=1S/C69H45NS/c1-42-39-57-60(40-43(42)2)69(59-36-33-45-21-9-10-24-47(45)65(57)59)58-31-17-15-29-54(58)66-53-28-14-12-26-50(53)56(41-61(66)69)51-35-37-62(52-27-13-11-25-49(51)52)70(46-22-7-4-8-23-46)63-38-34-48(44-19-5-3-6-20-44)67-55-30-16-18-32-64(55)71-68(63)67/h3-41H,1-2H3. The van der Waals surface area contributed by atoms with E-state index in [1.807, 2.05) is 11.3 Å². The summed E-state index contributed by atoms with van der Waals surface area (Å²) in [6.45, 7) is 4.56. The number of thiophene rings is 1. The smallest absolute Gasteiger partial charge is 0.0726 e. The van der Waals surface area contributed by atoms with E-state index < -0.39 is 5.41 Å². The van der Waals surface area contributed by atoms with E-state index in [9.17, 15) is 0 Å². The highest BCUT2D eigenvalue weighted by Gasteiger charge is 2.53. The molecule has 0 N–H and O–H groups in total. The summed E-state index contributed by atoms with van der Waals surface area (Å²) < 4.78 is 2.56. The fourth-order valence-corrected chi connectivity index (χ4v) is 14.1. The molecule has 1 aromatic heterocycles. The second-order valence-corrected chi connectivity index (χ2v) is 20.6. The molecule has 71 heavy (non-hydrogen) atoms. The van der Waals surface area contributed by atoms with E-state index in [2.05, 4.69) is 255 Å². The molecule has 0 bridgehead atoms. The Morgan fingerprint density at radius 2 is 0.958 bits per heavy atom. The average Bonchev–Trinajstić information content (AvgIpc) is 4.06. The minimum atomic E-state index is -0.515. The molecule has 1 spiro atoms. The molecular formula is C69H45NS. The summed E-state index contributed by atoms with van der Waals surface area (Å²) in [4.78, 5) is 2.51. The topological polar surface area (TPSA) is 3.24 Å². The Morgan fingerprint density at radius 1 is 0.352 bits per heavy atom. The lowest BCUT2D eigenvalue weighted by atomic mass is 9.69. The maximum atomic E-state index is 2.60. The molecule has 0 fully saturated rings. The van der Waals surface area contributed by atoms with Gasteiger partial charge in [0.15, 0.2) is 0 Å². The van der Waals surface area contributed by atoms with Gasteiger partial charge in [-0.1, -0.05) is 200 Å². The Kier molecular flexibility index (Phi) is 8.65. The lowest BCUT2D eigenvalue weighted by Gasteiger charge is -2.32. The van der Waals surface area contributed by atoms with Crippen LogP contribution in [0.3, 0.4) is 0 Å². The summed E-state index contributed by atoms with van der Waals surface area (Å²) >= 11 is 1.89. The van der Waals surface area contributed by atoms with Crippen LogP contribution in [0.4, 0.5) is 17.1 Å². The molecular weight excluding hydrogens is 875 g/mol. The Morgan fingerprint density at radius 3 is 1.77 bits per heavy atom. The van der Waals surface area contributed by atoms with Crippen molar-refractivity contribution in [2.24, 2.45) is 0 Å². The van der Waals surface area contributed by atoms with E-state index in [4.69, 9.17) is 0 Å². The number of fused-ring (bicyclic) bond motifs is 18. The van der Waals surface area contributed by atoms with Crippen LogP contribution in [0, 0.1) is 13.8 Å². The number of aryl methyl sites for hydroxylation is 2. The van der Waals surface area contributed by atoms with Crippen molar-refractivity contribution in [3.8, 4) is 44.5 Å². The molecule has 2 aliphatic carbocycles. The van der Waals surface area contributed by atoms with Gasteiger partial charge in [0.2, 0.25) is 0 Å². The predicted molar refractivity (Wildman–Crippen MR) is 303 cm³/mol. The zero-order valence-corrected chi connectivity index (χ0v) is 40.2. The number of anilines is 3. The molecule has 0 saturated carbocycles. The van der Waals surface area contributed by atoms with Gasteiger partial charge in [-0.05, 0) is 155 Å². The third-order valence-corrected chi connectivity index (χ3v) is 17.2. The third-order valence-electron chi connectivity index (χ3n) is 16.0. The van der Waals surface area contributed by atoms with Crippen molar-refractivity contribution in [3.63, 3.8) is 0 Å². The molecule has 0 radical (unpaired) electrons. The van der Waals surface area contributed by atoms with Crippen LogP contribution in [0.5, 0.6) is 0 Å². The Balaban J connectivity index is 1.01. The lowest BCUT2D eigenvalue weighted by Crippen LogP contribution is -2.26. The Bertz CT molecular complexity index is 4370. The highest BCUT2D eigenvalue weighted by Crippen LogP contribution is 2.66. The second kappa shape index (κ2) is 15.2. The molecule has 0 saturated heterocycles. The molecule has 13 aromatic rings. The van der Waals surface area contributed by atoms with Gasteiger partial charge in [0.1, 0.15) is 0 Å². The Labute approximate surface area is 417 Å². The molecule has 1 atom stereocenters.